The van der Waals surface area contributed by atoms with Crippen LogP contribution in [0.15, 0.2) is 21.5 Å². The number of aromatic nitrogens is 4. The van der Waals surface area contributed by atoms with E-state index in [1.165, 1.54) is 0 Å². The summed E-state index contributed by atoms with van der Waals surface area (Å²) in [5.74, 6) is -0.368. The maximum Gasteiger partial charge on any atom is 0.356 e. The van der Waals surface area contributed by atoms with Crippen molar-refractivity contribution in [1.82, 2.24) is 19.9 Å². The molecule has 0 amide bonds. The number of carbonyl (C=O) groups is 1. The van der Waals surface area contributed by atoms with Crippen molar-refractivity contribution >= 4 is 5.97 Å². The molecule has 0 radical (unpaired) electrons. The molecule has 0 saturated carbocycles. The van der Waals surface area contributed by atoms with E-state index in [0.717, 1.165) is 16.8 Å². The van der Waals surface area contributed by atoms with Gasteiger partial charge in [-0.1, -0.05) is 19.0 Å². The highest BCUT2D eigenvalue weighted by atomic mass is 16.5. The highest BCUT2D eigenvalue weighted by Crippen LogP contribution is 2.09. The summed E-state index contributed by atoms with van der Waals surface area (Å²) in [6.45, 7) is 3.76. The molecule has 0 saturated heterocycles. The Kier molecular flexibility index (Phi) is 3.41. The molecular formula is C11H12N4O4. The SMILES string of the molecule is CC(C)c1noc(Cn2nc(C(=O)O)ccc2=O)n1. The van der Waals surface area contributed by atoms with Gasteiger partial charge in [0.25, 0.3) is 5.56 Å². The van der Waals surface area contributed by atoms with Crippen LogP contribution in [0.2, 0.25) is 0 Å². The third-order valence-corrected chi connectivity index (χ3v) is 2.37. The van der Waals surface area contributed by atoms with Gasteiger partial charge in [0, 0.05) is 12.0 Å². The number of carboxylic acids is 1. The van der Waals surface area contributed by atoms with E-state index < -0.39 is 11.5 Å². The Morgan fingerprint density at radius 2 is 2.21 bits per heavy atom. The minimum atomic E-state index is -1.21. The first kappa shape index (κ1) is 12.9. The van der Waals surface area contributed by atoms with Gasteiger partial charge in [-0.2, -0.15) is 10.1 Å². The van der Waals surface area contributed by atoms with Gasteiger partial charge in [-0.25, -0.2) is 9.48 Å². The van der Waals surface area contributed by atoms with E-state index in [4.69, 9.17) is 9.63 Å². The molecule has 0 aliphatic rings. The highest BCUT2D eigenvalue weighted by Gasteiger charge is 2.13. The summed E-state index contributed by atoms with van der Waals surface area (Å²) < 4.78 is 5.95. The zero-order valence-corrected chi connectivity index (χ0v) is 10.4. The molecule has 0 fully saturated rings. The maximum absolute atomic E-state index is 11.6. The van der Waals surface area contributed by atoms with Crippen LogP contribution in [0.4, 0.5) is 0 Å². The first-order chi connectivity index (χ1) is 8.97. The van der Waals surface area contributed by atoms with E-state index in [1.54, 1.807) is 0 Å². The molecule has 8 heteroatoms. The van der Waals surface area contributed by atoms with E-state index in [-0.39, 0.29) is 24.0 Å². The summed E-state index contributed by atoms with van der Waals surface area (Å²) in [4.78, 5) is 26.4. The lowest BCUT2D eigenvalue weighted by Crippen LogP contribution is -2.25. The van der Waals surface area contributed by atoms with Crippen molar-refractivity contribution in [2.75, 3.05) is 0 Å². The quantitative estimate of drug-likeness (QED) is 0.855. The zero-order valence-electron chi connectivity index (χ0n) is 10.4. The van der Waals surface area contributed by atoms with Crippen LogP contribution in [0, 0.1) is 0 Å². The second kappa shape index (κ2) is 5.01. The van der Waals surface area contributed by atoms with Crippen LogP contribution in [-0.2, 0) is 6.54 Å². The second-order valence-electron chi connectivity index (χ2n) is 4.22. The molecule has 100 valence electrons. The van der Waals surface area contributed by atoms with Crippen LogP contribution in [0.5, 0.6) is 0 Å². The number of hydrogen-bond donors (Lipinski definition) is 1. The summed E-state index contributed by atoms with van der Waals surface area (Å²) in [6.07, 6.45) is 0. The predicted octanol–water partition coefficient (Wildman–Crippen LogP) is 0.496. The molecule has 1 N–H and O–H groups in total. The van der Waals surface area contributed by atoms with Crippen molar-refractivity contribution in [2.45, 2.75) is 26.3 Å². The second-order valence-corrected chi connectivity index (χ2v) is 4.22. The average Bonchev–Trinajstić information content (AvgIpc) is 2.80. The molecule has 0 aromatic carbocycles. The molecule has 2 rings (SSSR count). The molecule has 8 nitrogen and oxygen atoms in total. The van der Waals surface area contributed by atoms with Crippen LogP contribution in [-0.4, -0.2) is 31.0 Å². The van der Waals surface area contributed by atoms with E-state index in [0.29, 0.717) is 5.82 Å². The lowest BCUT2D eigenvalue weighted by atomic mass is 10.2. The van der Waals surface area contributed by atoms with E-state index in [9.17, 15) is 9.59 Å². The standard InChI is InChI=1S/C11H12N4O4/c1-6(2)10-12-8(19-14-10)5-15-9(16)4-3-7(13-15)11(17)18/h3-4,6H,5H2,1-2H3,(H,17,18). The molecule has 0 unspecified atom stereocenters. The van der Waals surface area contributed by atoms with Crippen LogP contribution < -0.4 is 5.56 Å². The normalized spacial score (nSPS) is 10.9. The van der Waals surface area contributed by atoms with Crippen LogP contribution in [0.25, 0.3) is 0 Å². The van der Waals surface area contributed by atoms with Crippen molar-refractivity contribution in [3.8, 4) is 0 Å². The van der Waals surface area contributed by atoms with E-state index in [1.807, 2.05) is 13.8 Å². The van der Waals surface area contributed by atoms with Gasteiger partial charge in [-0.15, -0.1) is 0 Å². The Labute approximate surface area is 107 Å². The van der Waals surface area contributed by atoms with Crippen molar-refractivity contribution in [3.05, 3.63) is 39.9 Å². The van der Waals surface area contributed by atoms with E-state index in [2.05, 4.69) is 15.2 Å². The zero-order chi connectivity index (χ0) is 14.0. The van der Waals surface area contributed by atoms with Crippen LogP contribution >= 0.6 is 0 Å². The van der Waals surface area contributed by atoms with Crippen molar-refractivity contribution in [3.63, 3.8) is 0 Å². The topological polar surface area (TPSA) is 111 Å². The van der Waals surface area contributed by atoms with Gasteiger partial charge in [0.05, 0.1) is 0 Å². The highest BCUT2D eigenvalue weighted by molar-refractivity contribution is 5.84. The molecule has 0 atom stereocenters. The Morgan fingerprint density at radius 3 is 2.79 bits per heavy atom. The number of hydrogen-bond acceptors (Lipinski definition) is 6. The molecule has 19 heavy (non-hydrogen) atoms. The summed E-state index contributed by atoms with van der Waals surface area (Å²) in [5, 5.41) is 16.3. The van der Waals surface area contributed by atoms with Gasteiger partial charge in [-0.3, -0.25) is 4.79 Å². The summed E-state index contributed by atoms with van der Waals surface area (Å²) in [6, 6.07) is 2.28. The minimum Gasteiger partial charge on any atom is -0.476 e. The van der Waals surface area contributed by atoms with Gasteiger partial charge in [-0.05, 0) is 6.07 Å². The van der Waals surface area contributed by atoms with Crippen molar-refractivity contribution in [2.24, 2.45) is 0 Å². The lowest BCUT2D eigenvalue weighted by Gasteiger charge is -2.01. The molecule has 0 aliphatic carbocycles. The first-order valence-corrected chi connectivity index (χ1v) is 5.61. The largest absolute Gasteiger partial charge is 0.476 e. The number of rotatable bonds is 4. The average molecular weight is 264 g/mol. The maximum atomic E-state index is 11.6. The molecule has 2 aromatic rings. The van der Waals surface area contributed by atoms with Gasteiger partial charge in [0.15, 0.2) is 11.5 Å². The minimum absolute atomic E-state index is 0.0559. The van der Waals surface area contributed by atoms with Gasteiger partial charge in [0.2, 0.25) is 5.89 Å². The van der Waals surface area contributed by atoms with Crippen molar-refractivity contribution < 1.29 is 14.4 Å². The Hall–Kier alpha value is -2.51. The number of carboxylic acid groups (broad SMARTS) is 1. The fraction of sp³-hybridized carbons (Fsp3) is 0.364. The molecule has 0 spiro atoms. The molecule has 2 aromatic heterocycles. The van der Waals surface area contributed by atoms with Gasteiger partial charge in [0.1, 0.15) is 6.54 Å². The number of aromatic carboxylic acids is 1. The van der Waals surface area contributed by atoms with E-state index >= 15 is 0 Å². The fourth-order valence-electron chi connectivity index (χ4n) is 1.37. The number of nitrogens with zero attached hydrogens (tertiary/aromatic N) is 4. The Balaban J connectivity index is 2.29. The molecule has 2 heterocycles. The summed E-state index contributed by atoms with van der Waals surface area (Å²) in [5.41, 5.74) is -0.655. The first-order valence-electron chi connectivity index (χ1n) is 5.61. The molecular weight excluding hydrogens is 252 g/mol. The van der Waals surface area contributed by atoms with Crippen LogP contribution in [0.3, 0.4) is 0 Å². The molecule has 0 bridgehead atoms. The van der Waals surface area contributed by atoms with Crippen molar-refractivity contribution in [1.29, 1.82) is 0 Å². The third-order valence-electron chi connectivity index (χ3n) is 2.37. The summed E-state index contributed by atoms with van der Waals surface area (Å²) >= 11 is 0. The monoisotopic (exact) mass is 264 g/mol. The van der Waals surface area contributed by atoms with Crippen LogP contribution in [0.1, 0.15) is 42.0 Å². The van der Waals surface area contributed by atoms with Gasteiger partial charge >= 0.3 is 5.97 Å². The lowest BCUT2D eigenvalue weighted by molar-refractivity contribution is 0.0687. The Bertz CT molecular complexity index is 659. The Morgan fingerprint density at radius 1 is 1.47 bits per heavy atom. The molecule has 0 aliphatic heterocycles. The third kappa shape index (κ3) is 2.84. The predicted molar refractivity (Wildman–Crippen MR) is 62.9 cm³/mol. The van der Waals surface area contributed by atoms with Gasteiger partial charge < -0.3 is 9.63 Å². The smallest absolute Gasteiger partial charge is 0.356 e. The summed E-state index contributed by atoms with van der Waals surface area (Å²) in [7, 11) is 0. The fourth-order valence-corrected chi connectivity index (χ4v) is 1.37.